The highest BCUT2D eigenvalue weighted by atomic mass is 35.5. The summed E-state index contributed by atoms with van der Waals surface area (Å²) in [5.74, 6) is -0.170. The molecule has 0 saturated carbocycles. The van der Waals surface area contributed by atoms with Crippen molar-refractivity contribution in [1.82, 2.24) is 5.32 Å². The number of carbonyl (C=O) groups is 2. The van der Waals surface area contributed by atoms with Gasteiger partial charge in [-0.2, -0.15) is 0 Å². The molecule has 0 aliphatic rings. The predicted molar refractivity (Wildman–Crippen MR) is 82.5 cm³/mol. The van der Waals surface area contributed by atoms with Gasteiger partial charge in [-0.05, 0) is 39.0 Å². The molecule has 0 unspecified atom stereocenters. The highest BCUT2D eigenvalue weighted by Gasteiger charge is 2.27. The zero-order valence-electron chi connectivity index (χ0n) is 11.7. The largest absolute Gasteiger partial charge is 0.323 e. The molecule has 6 heteroatoms. The Bertz CT molecular complexity index is 516. The number of amides is 1. The number of benzene rings is 1. The molecule has 0 spiro atoms. The molecule has 0 atom stereocenters. The number of carbonyl (C=O) groups excluding carboxylic acids is 2. The lowest BCUT2D eigenvalue weighted by atomic mass is 10.0. The first-order valence-corrected chi connectivity index (χ1v) is 6.99. The fourth-order valence-corrected chi connectivity index (χ4v) is 1.84. The van der Waals surface area contributed by atoms with Gasteiger partial charge in [0, 0.05) is 18.0 Å². The number of halogens is 2. The molecule has 110 valence electrons. The summed E-state index contributed by atoms with van der Waals surface area (Å²) >= 11 is 11.9. The number of anilines is 1. The maximum absolute atomic E-state index is 12.2. The average Bonchev–Trinajstić information content (AvgIpc) is 2.33. The third kappa shape index (κ3) is 5.12. The van der Waals surface area contributed by atoms with Crippen LogP contribution in [0.25, 0.3) is 0 Å². The standard InChI is InChI=1S/C14H18Cl2N2O2/c1-9(19)6-7-17-14(2,3)13(20)18-12-8-10(15)4-5-11(12)16/h4-5,8,17H,6-7H2,1-3H3,(H,18,20). The molecular formula is C14H18Cl2N2O2. The van der Waals surface area contributed by atoms with Gasteiger partial charge in [-0.1, -0.05) is 23.2 Å². The number of hydrogen-bond donors (Lipinski definition) is 2. The quantitative estimate of drug-likeness (QED) is 0.846. The average molecular weight is 317 g/mol. The lowest BCUT2D eigenvalue weighted by Gasteiger charge is -2.25. The number of ketones is 1. The van der Waals surface area contributed by atoms with E-state index in [1.807, 2.05) is 0 Å². The Kier molecular flexibility index (Phi) is 5.99. The zero-order chi connectivity index (χ0) is 15.3. The second-order valence-corrected chi connectivity index (χ2v) is 5.93. The SMILES string of the molecule is CC(=O)CCNC(C)(C)C(=O)Nc1cc(Cl)ccc1Cl. The summed E-state index contributed by atoms with van der Waals surface area (Å²) in [7, 11) is 0. The van der Waals surface area contributed by atoms with Gasteiger partial charge in [-0.25, -0.2) is 0 Å². The highest BCUT2D eigenvalue weighted by molar-refractivity contribution is 6.35. The lowest BCUT2D eigenvalue weighted by molar-refractivity contribution is -0.122. The summed E-state index contributed by atoms with van der Waals surface area (Å²) in [5.41, 5.74) is -0.355. The van der Waals surface area contributed by atoms with E-state index in [1.54, 1.807) is 32.0 Å². The van der Waals surface area contributed by atoms with E-state index < -0.39 is 5.54 Å². The molecule has 0 bridgehead atoms. The molecule has 1 aromatic carbocycles. The minimum Gasteiger partial charge on any atom is -0.323 e. The smallest absolute Gasteiger partial charge is 0.244 e. The van der Waals surface area contributed by atoms with Gasteiger partial charge < -0.3 is 10.6 Å². The first-order valence-electron chi connectivity index (χ1n) is 6.23. The minimum atomic E-state index is -0.818. The first kappa shape index (κ1) is 17.0. The van der Waals surface area contributed by atoms with Crippen molar-refractivity contribution in [3.8, 4) is 0 Å². The molecule has 0 radical (unpaired) electrons. The highest BCUT2D eigenvalue weighted by Crippen LogP contribution is 2.26. The van der Waals surface area contributed by atoms with Crippen molar-refractivity contribution >= 4 is 40.6 Å². The second-order valence-electron chi connectivity index (χ2n) is 5.08. The number of nitrogens with one attached hydrogen (secondary N) is 2. The van der Waals surface area contributed by atoms with Crippen LogP contribution in [-0.2, 0) is 9.59 Å². The van der Waals surface area contributed by atoms with Crippen molar-refractivity contribution in [2.45, 2.75) is 32.7 Å². The van der Waals surface area contributed by atoms with Crippen LogP contribution in [0.2, 0.25) is 10.0 Å². The van der Waals surface area contributed by atoms with Crippen LogP contribution in [0, 0.1) is 0 Å². The van der Waals surface area contributed by atoms with E-state index in [1.165, 1.54) is 6.92 Å². The third-order valence-corrected chi connectivity index (χ3v) is 3.35. The number of hydrogen-bond acceptors (Lipinski definition) is 3. The minimum absolute atomic E-state index is 0.0755. The molecule has 2 N–H and O–H groups in total. The predicted octanol–water partition coefficient (Wildman–Crippen LogP) is 3.28. The molecular weight excluding hydrogens is 299 g/mol. The molecule has 20 heavy (non-hydrogen) atoms. The van der Waals surface area contributed by atoms with E-state index in [9.17, 15) is 9.59 Å². The summed E-state index contributed by atoms with van der Waals surface area (Å²) < 4.78 is 0. The van der Waals surface area contributed by atoms with E-state index in [-0.39, 0.29) is 11.7 Å². The van der Waals surface area contributed by atoms with E-state index in [4.69, 9.17) is 23.2 Å². The third-order valence-electron chi connectivity index (χ3n) is 2.79. The van der Waals surface area contributed by atoms with Crippen molar-refractivity contribution in [1.29, 1.82) is 0 Å². The molecule has 1 aromatic rings. The van der Waals surface area contributed by atoms with Crippen molar-refractivity contribution in [2.75, 3.05) is 11.9 Å². The summed E-state index contributed by atoms with van der Waals surface area (Å²) in [6.07, 6.45) is 0.384. The van der Waals surface area contributed by atoms with Crippen molar-refractivity contribution in [3.63, 3.8) is 0 Å². The van der Waals surface area contributed by atoms with Crippen molar-refractivity contribution < 1.29 is 9.59 Å². The molecule has 4 nitrogen and oxygen atoms in total. The molecule has 0 aliphatic carbocycles. The zero-order valence-corrected chi connectivity index (χ0v) is 13.2. The Hall–Kier alpha value is -1.10. The molecule has 0 heterocycles. The van der Waals surface area contributed by atoms with Crippen LogP contribution in [0.5, 0.6) is 0 Å². The Labute approximate surface area is 128 Å². The van der Waals surface area contributed by atoms with Crippen LogP contribution in [0.4, 0.5) is 5.69 Å². The molecule has 0 aromatic heterocycles. The van der Waals surface area contributed by atoms with Gasteiger partial charge in [0.1, 0.15) is 5.78 Å². The van der Waals surface area contributed by atoms with Gasteiger partial charge in [0.25, 0.3) is 0 Å². The summed E-state index contributed by atoms with van der Waals surface area (Å²) in [5, 5.41) is 6.67. The van der Waals surface area contributed by atoms with Crippen LogP contribution in [0.1, 0.15) is 27.2 Å². The maximum Gasteiger partial charge on any atom is 0.244 e. The molecule has 0 saturated heterocycles. The van der Waals surface area contributed by atoms with E-state index >= 15 is 0 Å². The molecule has 0 aliphatic heterocycles. The van der Waals surface area contributed by atoms with Gasteiger partial charge >= 0.3 is 0 Å². The van der Waals surface area contributed by atoms with Gasteiger partial charge in [-0.3, -0.25) is 9.59 Å². The van der Waals surface area contributed by atoms with Crippen molar-refractivity contribution in [3.05, 3.63) is 28.2 Å². The Morgan fingerprint density at radius 2 is 1.90 bits per heavy atom. The van der Waals surface area contributed by atoms with Crippen LogP contribution < -0.4 is 10.6 Å². The topological polar surface area (TPSA) is 58.2 Å². The Balaban J connectivity index is 2.68. The number of Topliss-reactive ketones (excluding diaryl/α,β-unsaturated/α-hetero) is 1. The molecule has 1 amide bonds. The monoisotopic (exact) mass is 316 g/mol. The first-order chi connectivity index (χ1) is 9.22. The van der Waals surface area contributed by atoms with Gasteiger partial charge in [0.15, 0.2) is 0 Å². The summed E-state index contributed by atoms with van der Waals surface area (Å²) in [4.78, 5) is 23.1. The Morgan fingerprint density at radius 1 is 1.25 bits per heavy atom. The van der Waals surface area contributed by atoms with Gasteiger partial charge in [0.2, 0.25) is 5.91 Å². The normalized spacial score (nSPS) is 11.2. The lowest BCUT2D eigenvalue weighted by Crippen LogP contribution is -2.50. The molecule has 1 rings (SSSR count). The van der Waals surface area contributed by atoms with E-state index in [2.05, 4.69) is 10.6 Å². The fraction of sp³-hybridized carbons (Fsp3) is 0.429. The van der Waals surface area contributed by atoms with Gasteiger partial charge in [0.05, 0.1) is 16.2 Å². The fourth-order valence-electron chi connectivity index (χ4n) is 1.50. The van der Waals surface area contributed by atoms with E-state index in [0.717, 1.165) is 0 Å². The maximum atomic E-state index is 12.2. The molecule has 0 fully saturated rings. The van der Waals surface area contributed by atoms with Crippen LogP contribution in [0.15, 0.2) is 18.2 Å². The van der Waals surface area contributed by atoms with Crippen molar-refractivity contribution in [2.24, 2.45) is 0 Å². The second kappa shape index (κ2) is 7.07. The van der Waals surface area contributed by atoms with Crippen LogP contribution in [-0.4, -0.2) is 23.8 Å². The summed E-state index contributed by atoms with van der Waals surface area (Å²) in [6, 6.07) is 4.86. The number of rotatable bonds is 6. The Morgan fingerprint density at radius 3 is 2.50 bits per heavy atom. The van der Waals surface area contributed by atoms with E-state index in [0.29, 0.717) is 28.7 Å². The van der Waals surface area contributed by atoms with Crippen LogP contribution >= 0.6 is 23.2 Å². The van der Waals surface area contributed by atoms with Gasteiger partial charge in [-0.15, -0.1) is 0 Å². The summed E-state index contributed by atoms with van der Waals surface area (Å²) in [6.45, 7) is 5.43. The van der Waals surface area contributed by atoms with Crippen LogP contribution in [0.3, 0.4) is 0 Å².